The van der Waals surface area contributed by atoms with E-state index in [1.807, 2.05) is 0 Å². The van der Waals surface area contributed by atoms with Gasteiger partial charge < -0.3 is 14.2 Å². The summed E-state index contributed by atoms with van der Waals surface area (Å²) in [5.74, 6) is -0.845. The largest absolute Gasteiger partial charge is 0.462 e. The van der Waals surface area contributed by atoms with Crippen LogP contribution in [0.15, 0.2) is 0 Å². The zero-order valence-corrected chi connectivity index (χ0v) is 50.0. The molecule has 6 heteroatoms. The van der Waals surface area contributed by atoms with Crippen LogP contribution in [0.5, 0.6) is 0 Å². The summed E-state index contributed by atoms with van der Waals surface area (Å²) in [5.41, 5.74) is 0. The second kappa shape index (κ2) is 62.9. The van der Waals surface area contributed by atoms with E-state index < -0.39 is 6.10 Å². The monoisotopic (exact) mass is 1030 g/mol. The van der Waals surface area contributed by atoms with Crippen LogP contribution in [0.2, 0.25) is 0 Å². The minimum Gasteiger partial charge on any atom is -0.462 e. The molecule has 6 nitrogen and oxygen atoms in total. The van der Waals surface area contributed by atoms with Gasteiger partial charge in [-0.2, -0.15) is 0 Å². The maximum absolute atomic E-state index is 12.8. The molecule has 0 amide bonds. The molecule has 0 aromatic heterocycles. The zero-order chi connectivity index (χ0) is 52.9. The molecule has 73 heavy (non-hydrogen) atoms. The van der Waals surface area contributed by atoms with E-state index in [4.69, 9.17) is 14.2 Å². The summed E-state index contributed by atoms with van der Waals surface area (Å²) >= 11 is 0. The van der Waals surface area contributed by atoms with Gasteiger partial charge in [-0.15, -0.1) is 0 Å². The molecule has 0 aliphatic carbocycles. The second-order valence-electron chi connectivity index (χ2n) is 23.1. The van der Waals surface area contributed by atoms with Gasteiger partial charge in [-0.1, -0.05) is 355 Å². The Morgan fingerprint density at radius 3 is 0.548 bits per heavy atom. The van der Waals surface area contributed by atoms with Crippen molar-refractivity contribution in [2.45, 2.75) is 399 Å². The predicted molar refractivity (Wildman–Crippen MR) is 317 cm³/mol. The van der Waals surface area contributed by atoms with Crippen LogP contribution in [0.25, 0.3) is 0 Å². The van der Waals surface area contributed by atoms with E-state index in [1.54, 1.807) is 0 Å². The van der Waals surface area contributed by atoms with Crippen molar-refractivity contribution in [1.82, 2.24) is 0 Å². The number of carbonyl (C=O) groups is 3. The van der Waals surface area contributed by atoms with E-state index >= 15 is 0 Å². The molecule has 0 saturated heterocycles. The third-order valence-electron chi connectivity index (χ3n) is 15.6. The molecule has 434 valence electrons. The summed E-state index contributed by atoms with van der Waals surface area (Å²) in [5, 5.41) is 0. The SMILES string of the molecule is CCCCCCCCCCCCCCCCCCCCCCCCCCCCCCCCCCCCCC(=O)OCC(COC(=O)CCCCCCCC)OC(=O)CCCCCCCCCCCCCCCC. The molecule has 0 bridgehead atoms. The van der Waals surface area contributed by atoms with Gasteiger partial charge in [-0.25, -0.2) is 0 Å². The van der Waals surface area contributed by atoms with Crippen LogP contribution in [0.3, 0.4) is 0 Å². The molecule has 0 N–H and O–H groups in total. The summed E-state index contributed by atoms with van der Waals surface area (Å²) in [4.78, 5) is 37.9. The van der Waals surface area contributed by atoms with Crippen molar-refractivity contribution in [3.8, 4) is 0 Å². The summed E-state index contributed by atoms with van der Waals surface area (Å²) in [6.07, 6.45) is 73.3. The Hall–Kier alpha value is -1.59. The van der Waals surface area contributed by atoms with Gasteiger partial charge in [0.25, 0.3) is 0 Å². The normalized spacial score (nSPS) is 11.9. The number of rotatable bonds is 63. The molecule has 0 rings (SSSR count). The second-order valence-corrected chi connectivity index (χ2v) is 23.1. The minimum atomic E-state index is -0.760. The standard InChI is InChI=1S/C67H130O6/c1-4-7-10-13-16-18-20-22-24-25-26-27-28-29-30-31-32-33-34-35-36-37-38-39-40-41-42-43-44-46-47-49-51-54-57-60-66(69)72-63-64(62-71-65(68)59-56-53-15-12-9-6-3)73-67(70)61-58-55-52-50-48-45-23-21-19-17-14-11-8-5-2/h64H,4-63H2,1-3H3. The molecule has 1 unspecified atom stereocenters. The molecule has 1 atom stereocenters. The topological polar surface area (TPSA) is 78.9 Å². The molecule has 0 saturated carbocycles. The van der Waals surface area contributed by atoms with Gasteiger partial charge in [-0.3, -0.25) is 14.4 Å². The fourth-order valence-corrected chi connectivity index (χ4v) is 10.6. The molecule has 0 fully saturated rings. The molecule has 0 aromatic rings. The molecule has 0 aliphatic heterocycles. The molecule has 0 aromatic carbocycles. The van der Waals surface area contributed by atoms with Gasteiger partial charge in [0.1, 0.15) is 13.2 Å². The smallest absolute Gasteiger partial charge is 0.306 e. The molecular formula is C67H130O6. The highest BCUT2D eigenvalue weighted by atomic mass is 16.6. The first-order valence-electron chi connectivity index (χ1n) is 33.5. The molecule has 0 radical (unpaired) electrons. The van der Waals surface area contributed by atoms with Crippen molar-refractivity contribution in [1.29, 1.82) is 0 Å². The van der Waals surface area contributed by atoms with E-state index in [0.29, 0.717) is 19.3 Å². The average Bonchev–Trinajstić information content (AvgIpc) is 3.39. The number of hydrogen-bond donors (Lipinski definition) is 0. The van der Waals surface area contributed by atoms with Gasteiger partial charge in [-0.05, 0) is 19.3 Å². The van der Waals surface area contributed by atoms with Crippen LogP contribution in [-0.4, -0.2) is 37.2 Å². The highest BCUT2D eigenvalue weighted by Crippen LogP contribution is 2.19. The summed E-state index contributed by atoms with van der Waals surface area (Å²) < 4.78 is 16.8. The maximum Gasteiger partial charge on any atom is 0.306 e. The number of carbonyl (C=O) groups excluding carboxylic acids is 3. The number of hydrogen-bond acceptors (Lipinski definition) is 6. The third-order valence-corrected chi connectivity index (χ3v) is 15.6. The van der Waals surface area contributed by atoms with Gasteiger partial charge in [0.15, 0.2) is 6.10 Å². The Balaban J connectivity index is 3.82. The van der Waals surface area contributed by atoms with Crippen LogP contribution >= 0.6 is 0 Å². The lowest BCUT2D eigenvalue weighted by Gasteiger charge is -2.18. The van der Waals surface area contributed by atoms with Crippen LogP contribution in [0, 0.1) is 0 Å². The quantitative estimate of drug-likeness (QED) is 0.0343. The fourth-order valence-electron chi connectivity index (χ4n) is 10.6. The van der Waals surface area contributed by atoms with E-state index in [1.165, 1.54) is 295 Å². The first-order chi connectivity index (χ1) is 36.0. The number of ether oxygens (including phenoxy) is 3. The van der Waals surface area contributed by atoms with Gasteiger partial charge in [0.05, 0.1) is 0 Å². The Bertz CT molecular complexity index is 1090. The molecular weight excluding hydrogens is 901 g/mol. The van der Waals surface area contributed by atoms with Gasteiger partial charge in [0.2, 0.25) is 0 Å². The van der Waals surface area contributed by atoms with Crippen molar-refractivity contribution >= 4 is 17.9 Å². The fraction of sp³-hybridized carbons (Fsp3) is 0.955. The number of unbranched alkanes of at least 4 members (excludes halogenated alkanes) is 52. The van der Waals surface area contributed by atoms with Crippen LogP contribution < -0.4 is 0 Å². The summed E-state index contributed by atoms with van der Waals surface area (Å²) in [6.45, 7) is 6.65. The highest BCUT2D eigenvalue weighted by Gasteiger charge is 2.19. The predicted octanol–water partition coefficient (Wildman–Crippen LogP) is 22.7. The van der Waals surface area contributed by atoms with E-state index in [2.05, 4.69) is 20.8 Å². The first kappa shape index (κ1) is 71.4. The van der Waals surface area contributed by atoms with Crippen molar-refractivity contribution in [3.63, 3.8) is 0 Å². The zero-order valence-electron chi connectivity index (χ0n) is 50.0. The lowest BCUT2D eigenvalue weighted by Crippen LogP contribution is -2.30. The van der Waals surface area contributed by atoms with Gasteiger partial charge in [0, 0.05) is 19.3 Å². The van der Waals surface area contributed by atoms with Crippen molar-refractivity contribution in [2.24, 2.45) is 0 Å². The van der Waals surface area contributed by atoms with Gasteiger partial charge >= 0.3 is 17.9 Å². The summed E-state index contributed by atoms with van der Waals surface area (Å²) in [6, 6.07) is 0. The Labute approximate surface area is 457 Å². The Morgan fingerprint density at radius 1 is 0.219 bits per heavy atom. The summed E-state index contributed by atoms with van der Waals surface area (Å²) in [7, 11) is 0. The Morgan fingerprint density at radius 2 is 0.370 bits per heavy atom. The lowest BCUT2D eigenvalue weighted by molar-refractivity contribution is -0.167. The Kier molecular flexibility index (Phi) is 61.6. The van der Waals surface area contributed by atoms with Crippen molar-refractivity contribution in [3.05, 3.63) is 0 Å². The highest BCUT2D eigenvalue weighted by molar-refractivity contribution is 5.71. The molecule has 0 aliphatic rings. The number of esters is 3. The first-order valence-corrected chi connectivity index (χ1v) is 33.5. The van der Waals surface area contributed by atoms with Crippen molar-refractivity contribution < 1.29 is 28.6 Å². The van der Waals surface area contributed by atoms with E-state index in [9.17, 15) is 14.4 Å². The van der Waals surface area contributed by atoms with Crippen LogP contribution in [-0.2, 0) is 28.6 Å². The minimum absolute atomic E-state index is 0.0622. The molecule has 0 spiro atoms. The maximum atomic E-state index is 12.8. The third kappa shape index (κ3) is 61.1. The van der Waals surface area contributed by atoms with Crippen molar-refractivity contribution in [2.75, 3.05) is 13.2 Å². The molecule has 0 heterocycles. The van der Waals surface area contributed by atoms with E-state index in [0.717, 1.165) is 57.8 Å². The van der Waals surface area contributed by atoms with Crippen LogP contribution in [0.1, 0.15) is 393 Å². The van der Waals surface area contributed by atoms with E-state index in [-0.39, 0.29) is 31.1 Å². The van der Waals surface area contributed by atoms with Crippen LogP contribution in [0.4, 0.5) is 0 Å². The average molecular weight is 1030 g/mol. The lowest BCUT2D eigenvalue weighted by atomic mass is 10.0.